The first-order valence-corrected chi connectivity index (χ1v) is 9.43. The van der Waals surface area contributed by atoms with E-state index >= 15 is 0 Å². The molecule has 1 aliphatic rings. The Morgan fingerprint density at radius 3 is 2.40 bits per heavy atom. The Morgan fingerprint density at radius 1 is 1.25 bits per heavy atom. The van der Waals surface area contributed by atoms with Gasteiger partial charge in [0, 0.05) is 13.1 Å². The van der Waals surface area contributed by atoms with Gasteiger partial charge in [-0.3, -0.25) is 0 Å². The molecule has 1 N–H and O–H groups in total. The number of rotatable bonds is 3. The highest BCUT2D eigenvalue weighted by atomic mass is 32.2. The molecule has 0 bridgehead atoms. The standard InChI is InChI=1S/C12H17NO5S2/c1-10-2-3-11(9-14)8-12(10)20(17,18)13-4-6-19(15,16)7-5-13/h2-3,8,14H,4-7,9H2,1H3. The van der Waals surface area contributed by atoms with Crippen molar-refractivity contribution in [2.75, 3.05) is 24.6 Å². The molecule has 1 heterocycles. The minimum absolute atomic E-state index is 0.0204. The summed E-state index contributed by atoms with van der Waals surface area (Å²) in [6.07, 6.45) is 0. The van der Waals surface area contributed by atoms with Gasteiger partial charge in [0.15, 0.2) is 9.84 Å². The van der Waals surface area contributed by atoms with Gasteiger partial charge in [-0.25, -0.2) is 16.8 Å². The molecule has 1 aliphatic heterocycles. The second-order valence-electron chi connectivity index (χ2n) is 4.81. The van der Waals surface area contributed by atoms with Gasteiger partial charge in [-0.1, -0.05) is 12.1 Å². The maximum Gasteiger partial charge on any atom is 0.243 e. The molecule has 1 fully saturated rings. The van der Waals surface area contributed by atoms with Gasteiger partial charge in [-0.05, 0) is 24.1 Å². The van der Waals surface area contributed by atoms with Crippen LogP contribution in [0.25, 0.3) is 0 Å². The van der Waals surface area contributed by atoms with Crippen LogP contribution in [0.3, 0.4) is 0 Å². The number of aliphatic hydroxyl groups excluding tert-OH is 1. The second-order valence-corrected chi connectivity index (χ2v) is 9.02. The summed E-state index contributed by atoms with van der Waals surface area (Å²) in [5.74, 6) is -0.296. The van der Waals surface area contributed by atoms with Gasteiger partial charge in [0.25, 0.3) is 0 Å². The topological polar surface area (TPSA) is 91.8 Å². The average molecular weight is 319 g/mol. The number of nitrogens with zero attached hydrogens (tertiary/aromatic N) is 1. The van der Waals surface area contributed by atoms with Gasteiger partial charge in [0.1, 0.15) is 0 Å². The van der Waals surface area contributed by atoms with Crippen LogP contribution in [0.4, 0.5) is 0 Å². The van der Waals surface area contributed by atoms with Crippen LogP contribution in [0.2, 0.25) is 0 Å². The van der Waals surface area contributed by atoms with Crippen molar-refractivity contribution < 1.29 is 21.9 Å². The summed E-state index contributed by atoms with van der Waals surface area (Å²) in [4.78, 5) is 0.128. The Hall–Kier alpha value is -0.960. The summed E-state index contributed by atoms with van der Waals surface area (Å²) in [6, 6.07) is 4.74. The third kappa shape index (κ3) is 3.03. The summed E-state index contributed by atoms with van der Waals surface area (Å²) < 4.78 is 49.0. The molecule has 8 heteroatoms. The normalized spacial score (nSPS) is 19.9. The molecule has 0 amide bonds. The Balaban J connectivity index is 2.36. The van der Waals surface area contributed by atoms with Crippen LogP contribution in [0.1, 0.15) is 11.1 Å². The van der Waals surface area contributed by atoms with Crippen molar-refractivity contribution >= 4 is 19.9 Å². The van der Waals surface area contributed by atoms with Crippen LogP contribution < -0.4 is 0 Å². The largest absolute Gasteiger partial charge is 0.392 e. The minimum atomic E-state index is -3.72. The molecule has 0 saturated carbocycles. The third-order valence-electron chi connectivity index (χ3n) is 3.36. The molecular formula is C12H17NO5S2. The molecule has 0 spiro atoms. The van der Waals surface area contributed by atoms with Crippen LogP contribution in [0.15, 0.2) is 23.1 Å². The molecule has 1 saturated heterocycles. The average Bonchev–Trinajstić information content (AvgIpc) is 2.38. The fourth-order valence-corrected chi connectivity index (χ4v) is 5.24. The summed E-state index contributed by atoms with van der Waals surface area (Å²) >= 11 is 0. The number of hydrogen-bond donors (Lipinski definition) is 1. The molecule has 20 heavy (non-hydrogen) atoms. The van der Waals surface area contributed by atoms with E-state index in [0.29, 0.717) is 11.1 Å². The Labute approximate surface area is 119 Å². The highest BCUT2D eigenvalue weighted by Gasteiger charge is 2.32. The highest BCUT2D eigenvalue weighted by Crippen LogP contribution is 2.23. The van der Waals surface area contributed by atoms with Crippen molar-refractivity contribution in [3.05, 3.63) is 29.3 Å². The third-order valence-corrected chi connectivity index (χ3v) is 7.01. The summed E-state index contributed by atoms with van der Waals surface area (Å²) in [6.45, 7) is 1.40. The van der Waals surface area contributed by atoms with Crippen LogP contribution in [-0.2, 0) is 26.5 Å². The molecule has 2 rings (SSSR count). The quantitative estimate of drug-likeness (QED) is 0.840. The summed E-state index contributed by atoms with van der Waals surface area (Å²) in [5, 5.41) is 9.11. The highest BCUT2D eigenvalue weighted by molar-refractivity contribution is 7.92. The van der Waals surface area contributed by atoms with Crippen molar-refractivity contribution in [3.63, 3.8) is 0 Å². The lowest BCUT2D eigenvalue weighted by atomic mass is 10.2. The number of sulfonamides is 1. The lowest BCUT2D eigenvalue weighted by Gasteiger charge is -2.26. The van der Waals surface area contributed by atoms with E-state index < -0.39 is 19.9 Å². The number of benzene rings is 1. The molecule has 1 aromatic rings. The van der Waals surface area contributed by atoms with Crippen LogP contribution in [0.5, 0.6) is 0 Å². The second kappa shape index (κ2) is 5.44. The van der Waals surface area contributed by atoms with E-state index in [4.69, 9.17) is 5.11 Å². The number of sulfone groups is 1. The molecule has 0 radical (unpaired) electrons. The Bertz CT molecular complexity index is 695. The van der Waals surface area contributed by atoms with E-state index in [1.54, 1.807) is 19.1 Å². The maximum atomic E-state index is 12.5. The van der Waals surface area contributed by atoms with Crippen molar-refractivity contribution in [3.8, 4) is 0 Å². The lowest BCUT2D eigenvalue weighted by Crippen LogP contribution is -2.43. The number of aryl methyl sites for hydroxylation is 1. The first kappa shape index (κ1) is 15.4. The van der Waals surface area contributed by atoms with Crippen LogP contribution in [-0.4, -0.2) is 50.8 Å². The van der Waals surface area contributed by atoms with E-state index in [1.165, 1.54) is 10.4 Å². The molecule has 0 aromatic heterocycles. The maximum absolute atomic E-state index is 12.5. The van der Waals surface area contributed by atoms with Gasteiger partial charge in [0.05, 0.1) is 23.0 Å². The van der Waals surface area contributed by atoms with E-state index in [9.17, 15) is 16.8 Å². The monoisotopic (exact) mass is 319 g/mol. The molecular weight excluding hydrogens is 302 g/mol. The van der Waals surface area contributed by atoms with Gasteiger partial charge in [-0.15, -0.1) is 0 Å². The first-order valence-electron chi connectivity index (χ1n) is 6.17. The smallest absolute Gasteiger partial charge is 0.243 e. The molecule has 0 unspecified atom stereocenters. The lowest BCUT2D eigenvalue weighted by molar-refractivity contribution is 0.281. The fourth-order valence-electron chi connectivity index (χ4n) is 2.10. The van der Waals surface area contributed by atoms with E-state index in [1.807, 2.05) is 0 Å². The van der Waals surface area contributed by atoms with E-state index in [0.717, 1.165) is 0 Å². The predicted octanol–water partition coefficient (Wildman–Crippen LogP) is -0.0936. The van der Waals surface area contributed by atoms with E-state index in [-0.39, 0.29) is 36.1 Å². The minimum Gasteiger partial charge on any atom is -0.392 e. The fraction of sp³-hybridized carbons (Fsp3) is 0.500. The molecule has 6 nitrogen and oxygen atoms in total. The zero-order chi connectivity index (χ0) is 15.0. The SMILES string of the molecule is Cc1ccc(CO)cc1S(=O)(=O)N1CCS(=O)(=O)CC1. The van der Waals surface area contributed by atoms with Crippen LogP contribution in [0, 0.1) is 6.92 Å². The van der Waals surface area contributed by atoms with Crippen molar-refractivity contribution in [1.29, 1.82) is 0 Å². The van der Waals surface area contributed by atoms with Crippen molar-refractivity contribution in [1.82, 2.24) is 4.31 Å². The van der Waals surface area contributed by atoms with Crippen molar-refractivity contribution in [2.45, 2.75) is 18.4 Å². The van der Waals surface area contributed by atoms with Gasteiger partial charge in [0.2, 0.25) is 10.0 Å². The van der Waals surface area contributed by atoms with Gasteiger partial charge < -0.3 is 5.11 Å². The number of hydrogen-bond acceptors (Lipinski definition) is 5. The molecule has 112 valence electrons. The zero-order valence-corrected chi connectivity index (χ0v) is 12.7. The zero-order valence-electron chi connectivity index (χ0n) is 11.1. The molecule has 0 atom stereocenters. The van der Waals surface area contributed by atoms with Gasteiger partial charge in [-0.2, -0.15) is 4.31 Å². The van der Waals surface area contributed by atoms with E-state index in [2.05, 4.69) is 0 Å². The Morgan fingerprint density at radius 2 is 1.85 bits per heavy atom. The number of aliphatic hydroxyl groups is 1. The Kier molecular flexibility index (Phi) is 4.19. The van der Waals surface area contributed by atoms with Crippen molar-refractivity contribution in [2.24, 2.45) is 0 Å². The summed E-state index contributed by atoms with van der Waals surface area (Å²) in [7, 11) is -6.84. The van der Waals surface area contributed by atoms with Crippen LogP contribution >= 0.6 is 0 Å². The van der Waals surface area contributed by atoms with Gasteiger partial charge >= 0.3 is 0 Å². The molecule has 1 aromatic carbocycles. The molecule has 0 aliphatic carbocycles. The first-order chi connectivity index (χ1) is 9.26. The predicted molar refractivity (Wildman–Crippen MR) is 74.5 cm³/mol. The summed E-state index contributed by atoms with van der Waals surface area (Å²) in [5.41, 5.74) is 1.09.